The molecule has 0 aliphatic carbocycles. The quantitative estimate of drug-likeness (QED) is 0.155. The minimum absolute atomic E-state index is 0.216. The Labute approximate surface area is 191 Å². The second-order valence-electron chi connectivity index (χ2n) is 9.21. The number of amides is 1. The molecule has 31 heavy (non-hydrogen) atoms. The molecule has 0 rings (SSSR count). The van der Waals surface area contributed by atoms with Gasteiger partial charge in [-0.1, -0.05) is 117 Å². The standard InChI is InChI=1S/C26H52FNO3/c1-3-5-7-9-10-11-12-13-14-15-17-18-20-23(27)26(31)24(22-29)28-25(30)21-19-16-8-6-4-2/h23-24,26,29,31H,3-22H2,1-2H3,(H,28,30)/t23-,24-,26+/m0/s1. The molecular formula is C26H52FNO3. The lowest BCUT2D eigenvalue weighted by molar-refractivity contribution is -0.123. The van der Waals surface area contributed by atoms with E-state index in [1.807, 2.05) is 0 Å². The van der Waals surface area contributed by atoms with Crippen molar-refractivity contribution in [2.45, 2.75) is 154 Å². The van der Waals surface area contributed by atoms with Crippen molar-refractivity contribution in [2.24, 2.45) is 0 Å². The normalized spacial score (nSPS) is 14.4. The van der Waals surface area contributed by atoms with E-state index in [1.165, 1.54) is 64.2 Å². The molecule has 3 atom stereocenters. The van der Waals surface area contributed by atoms with Gasteiger partial charge in [-0.2, -0.15) is 0 Å². The minimum Gasteiger partial charge on any atom is -0.394 e. The van der Waals surface area contributed by atoms with Crippen LogP contribution in [0.15, 0.2) is 0 Å². The van der Waals surface area contributed by atoms with Gasteiger partial charge >= 0.3 is 0 Å². The van der Waals surface area contributed by atoms with E-state index in [4.69, 9.17) is 0 Å². The predicted octanol–water partition coefficient (Wildman–Crippen LogP) is 6.61. The molecule has 0 saturated carbocycles. The third-order valence-electron chi connectivity index (χ3n) is 6.17. The Hall–Kier alpha value is -0.680. The summed E-state index contributed by atoms with van der Waals surface area (Å²) in [6.07, 6.45) is 17.7. The van der Waals surface area contributed by atoms with Crippen LogP contribution in [-0.4, -0.2) is 41.0 Å². The Bertz CT molecular complexity index is 395. The van der Waals surface area contributed by atoms with Gasteiger partial charge in [0.15, 0.2) is 0 Å². The van der Waals surface area contributed by atoms with Crippen molar-refractivity contribution in [3.05, 3.63) is 0 Å². The van der Waals surface area contributed by atoms with Gasteiger partial charge < -0.3 is 15.5 Å². The number of carbonyl (C=O) groups excluding carboxylic acids is 1. The number of nitrogens with one attached hydrogen (secondary N) is 1. The molecule has 0 aromatic heterocycles. The maximum atomic E-state index is 14.4. The number of hydrogen-bond acceptors (Lipinski definition) is 3. The fourth-order valence-corrected chi connectivity index (χ4v) is 4.01. The molecule has 0 aromatic rings. The molecule has 186 valence electrons. The van der Waals surface area contributed by atoms with E-state index in [9.17, 15) is 19.4 Å². The van der Waals surface area contributed by atoms with Gasteiger partial charge in [-0.05, 0) is 12.8 Å². The van der Waals surface area contributed by atoms with Gasteiger partial charge in [-0.3, -0.25) is 4.79 Å². The van der Waals surface area contributed by atoms with Crippen molar-refractivity contribution in [1.29, 1.82) is 0 Å². The first-order valence-electron chi connectivity index (χ1n) is 13.3. The molecule has 0 heterocycles. The van der Waals surface area contributed by atoms with Crippen LogP contribution in [0.3, 0.4) is 0 Å². The summed E-state index contributed by atoms with van der Waals surface area (Å²) in [6.45, 7) is 3.94. The SMILES string of the molecule is CCCCCCCCCCCCCC[C@H](F)[C@@H](O)[C@H](CO)NC(=O)CCCCCCC. The fourth-order valence-electron chi connectivity index (χ4n) is 4.01. The van der Waals surface area contributed by atoms with Crippen molar-refractivity contribution in [3.63, 3.8) is 0 Å². The number of hydrogen-bond donors (Lipinski definition) is 3. The van der Waals surface area contributed by atoms with Gasteiger partial charge in [0.05, 0.1) is 12.6 Å². The van der Waals surface area contributed by atoms with Gasteiger partial charge in [0.1, 0.15) is 12.3 Å². The summed E-state index contributed by atoms with van der Waals surface area (Å²) in [4.78, 5) is 12.0. The highest BCUT2D eigenvalue weighted by atomic mass is 19.1. The summed E-state index contributed by atoms with van der Waals surface area (Å²) >= 11 is 0. The fraction of sp³-hybridized carbons (Fsp3) is 0.962. The zero-order valence-electron chi connectivity index (χ0n) is 20.6. The molecule has 0 aliphatic rings. The second-order valence-corrected chi connectivity index (χ2v) is 9.21. The van der Waals surface area contributed by atoms with Gasteiger partial charge in [-0.15, -0.1) is 0 Å². The van der Waals surface area contributed by atoms with Gasteiger partial charge in [0, 0.05) is 6.42 Å². The maximum Gasteiger partial charge on any atom is 0.220 e. The number of aliphatic hydroxyl groups is 2. The summed E-state index contributed by atoms with van der Waals surface area (Å²) in [6, 6.07) is -0.921. The molecule has 1 amide bonds. The molecule has 0 saturated heterocycles. The summed E-state index contributed by atoms with van der Waals surface area (Å²) in [5.41, 5.74) is 0. The van der Waals surface area contributed by atoms with E-state index in [0.717, 1.165) is 44.9 Å². The average Bonchev–Trinajstić information content (AvgIpc) is 2.77. The third kappa shape index (κ3) is 18.6. The van der Waals surface area contributed by atoms with E-state index >= 15 is 0 Å². The number of aliphatic hydroxyl groups excluding tert-OH is 2. The molecule has 0 aliphatic heterocycles. The Morgan fingerprint density at radius 3 is 1.61 bits per heavy atom. The lowest BCUT2D eigenvalue weighted by atomic mass is 10.00. The van der Waals surface area contributed by atoms with E-state index in [2.05, 4.69) is 19.2 Å². The van der Waals surface area contributed by atoms with E-state index in [0.29, 0.717) is 6.42 Å². The monoisotopic (exact) mass is 445 g/mol. The Morgan fingerprint density at radius 1 is 0.742 bits per heavy atom. The molecule has 0 fully saturated rings. The summed E-state index contributed by atoms with van der Waals surface area (Å²) in [5, 5.41) is 22.3. The molecular weight excluding hydrogens is 393 g/mol. The van der Waals surface area contributed by atoms with Crippen LogP contribution >= 0.6 is 0 Å². The lowest BCUT2D eigenvalue weighted by Gasteiger charge is -2.25. The Balaban J connectivity index is 3.76. The van der Waals surface area contributed by atoms with Crippen molar-refractivity contribution < 1.29 is 19.4 Å². The van der Waals surface area contributed by atoms with E-state index in [-0.39, 0.29) is 12.3 Å². The zero-order valence-corrected chi connectivity index (χ0v) is 20.6. The Kier molecular flexibility index (Phi) is 22.0. The smallest absolute Gasteiger partial charge is 0.220 e. The summed E-state index contributed by atoms with van der Waals surface area (Å²) in [7, 11) is 0. The van der Waals surface area contributed by atoms with Crippen molar-refractivity contribution in [2.75, 3.05) is 6.61 Å². The molecule has 0 radical (unpaired) electrons. The van der Waals surface area contributed by atoms with Gasteiger partial charge in [0.25, 0.3) is 0 Å². The van der Waals surface area contributed by atoms with Crippen LogP contribution in [0.4, 0.5) is 4.39 Å². The van der Waals surface area contributed by atoms with Crippen molar-refractivity contribution in [3.8, 4) is 0 Å². The van der Waals surface area contributed by atoms with Crippen molar-refractivity contribution in [1.82, 2.24) is 5.32 Å². The van der Waals surface area contributed by atoms with Crippen LogP contribution in [0, 0.1) is 0 Å². The third-order valence-corrected chi connectivity index (χ3v) is 6.17. The van der Waals surface area contributed by atoms with E-state index < -0.39 is 24.9 Å². The van der Waals surface area contributed by atoms with Crippen LogP contribution in [0.2, 0.25) is 0 Å². The topological polar surface area (TPSA) is 69.6 Å². The highest BCUT2D eigenvalue weighted by Crippen LogP contribution is 2.16. The molecule has 5 heteroatoms. The molecule has 0 aromatic carbocycles. The number of unbranched alkanes of at least 4 members (excludes halogenated alkanes) is 15. The number of rotatable bonds is 23. The first-order valence-corrected chi connectivity index (χ1v) is 13.3. The predicted molar refractivity (Wildman–Crippen MR) is 129 cm³/mol. The average molecular weight is 446 g/mol. The van der Waals surface area contributed by atoms with Gasteiger partial charge in [-0.25, -0.2) is 4.39 Å². The molecule has 3 N–H and O–H groups in total. The van der Waals surface area contributed by atoms with Crippen LogP contribution in [0.5, 0.6) is 0 Å². The summed E-state index contributed by atoms with van der Waals surface area (Å²) < 4.78 is 14.4. The van der Waals surface area contributed by atoms with Gasteiger partial charge in [0.2, 0.25) is 5.91 Å². The van der Waals surface area contributed by atoms with Crippen LogP contribution in [0.25, 0.3) is 0 Å². The van der Waals surface area contributed by atoms with Crippen LogP contribution in [0.1, 0.15) is 136 Å². The molecule has 0 spiro atoms. The largest absolute Gasteiger partial charge is 0.394 e. The van der Waals surface area contributed by atoms with Crippen LogP contribution in [-0.2, 0) is 4.79 Å². The highest BCUT2D eigenvalue weighted by molar-refractivity contribution is 5.76. The highest BCUT2D eigenvalue weighted by Gasteiger charge is 2.28. The van der Waals surface area contributed by atoms with Crippen LogP contribution < -0.4 is 5.32 Å². The Morgan fingerprint density at radius 2 is 1.16 bits per heavy atom. The first kappa shape index (κ1) is 30.3. The number of halogens is 1. The maximum absolute atomic E-state index is 14.4. The second kappa shape index (κ2) is 22.5. The zero-order chi connectivity index (χ0) is 23.2. The van der Waals surface area contributed by atoms with Crippen molar-refractivity contribution >= 4 is 5.91 Å². The lowest BCUT2D eigenvalue weighted by Crippen LogP contribution is -2.49. The minimum atomic E-state index is -1.41. The number of alkyl halides is 1. The van der Waals surface area contributed by atoms with E-state index in [1.54, 1.807) is 0 Å². The molecule has 0 bridgehead atoms. The summed E-state index contributed by atoms with van der Waals surface area (Å²) in [5.74, 6) is -0.216. The first-order chi connectivity index (χ1) is 15.1. The number of carbonyl (C=O) groups is 1. The molecule has 4 nitrogen and oxygen atoms in total. The molecule has 0 unspecified atom stereocenters.